The van der Waals surface area contributed by atoms with Crippen molar-refractivity contribution in [2.24, 2.45) is 4.99 Å². The molecule has 1 aromatic heterocycles. The van der Waals surface area contributed by atoms with Crippen molar-refractivity contribution in [3.8, 4) is 11.3 Å². The third-order valence-corrected chi connectivity index (χ3v) is 6.68. The molecule has 5 nitrogen and oxygen atoms in total. The van der Waals surface area contributed by atoms with Gasteiger partial charge in [-0.2, -0.15) is 0 Å². The van der Waals surface area contributed by atoms with Crippen LogP contribution in [0.15, 0.2) is 58.9 Å². The Hall–Kier alpha value is -2.73. The molecule has 0 amide bonds. The number of aromatic nitrogens is 1. The first-order valence-corrected chi connectivity index (χ1v) is 11.5. The molecule has 0 saturated heterocycles. The van der Waals surface area contributed by atoms with E-state index in [0.29, 0.717) is 11.6 Å². The Bertz CT molecular complexity index is 1090. The van der Waals surface area contributed by atoms with Gasteiger partial charge in [-0.25, -0.2) is 4.99 Å². The van der Waals surface area contributed by atoms with Gasteiger partial charge in [0.25, 0.3) is 5.69 Å². The van der Waals surface area contributed by atoms with E-state index in [-0.39, 0.29) is 16.7 Å². The number of thiazole rings is 1. The van der Waals surface area contributed by atoms with Gasteiger partial charge in [0.1, 0.15) is 5.69 Å². The lowest BCUT2D eigenvalue weighted by molar-refractivity contribution is -0.384. The van der Waals surface area contributed by atoms with E-state index in [1.54, 1.807) is 18.2 Å². The Morgan fingerprint density at radius 1 is 1.07 bits per heavy atom. The largest absolute Gasteiger partial charge is 0.314 e. The Kier molecular flexibility index (Phi) is 6.13. The maximum absolute atomic E-state index is 11.4. The fourth-order valence-electron chi connectivity index (χ4n) is 4.29. The predicted molar refractivity (Wildman–Crippen MR) is 122 cm³/mol. The summed E-state index contributed by atoms with van der Waals surface area (Å²) in [6.07, 6.45) is 6.62. The highest BCUT2D eigenvalue weighted by Gasteiger charge is 2.17. The average molecular weight is 422 g/mol. The van der Waals surface area contributed by atoms with Crippen LogP contribution < -0.4 is 4.80 Å². The Labute approximate surface area is 180 Å². The molecule has 2 aromatic carbocycles. The Balaban J connectivity index is 1.72. The third-order valence-electron chi connectivity index (χ3n) is 5.84. The highest BCUT2D eigenvalue weighted by Crippen LogP contribution is 2.34. The van der Waals surface area contributed by atoms with Crippen molar-refractivity contribution in [1.82, 2.24) is 4.57 Å². The van der Waals surface area contributed by atoms with Gasteiger partial charge >= 0.3 is 0 Å². The molecule has 0 bridgehead atoms. The topological polar surface area (TPSA) is 60.4 Å². The molecule has 0 aliphatic heterocycles. The molecule has 0 spiro atoms. The second kappa shape index (κ2) is 8.96. The first-order valence-electron chi connectivity index (χ1n) is 10.6. The number of nitrogens with zero attached hydrogens (tertiary/aromatic N) is 3. The summed E-state index contributed by atoms with van der Waals surface area (Å²) in [4.78, 5) is 16.4. The van der Waals surface area contributed by atoms with E-state index in [1.807, 2.05) is 0 Å². The molecule has 1 aliphatic rings. The van der Waals surface area contributed by atoms with Gasteiger partial charge < -0.3 is 4.57 Å². The molecule has 0 N–H and O–H groups in total. The molecular weight excluding hydrogens is 394 g/mol. The van der Waals surface area contributed by atoms with Crippen molar-refractivity contribution < 1.29 is 4.92 Å². The molecule has 1 aliphatic carbocycles. The van der Waals surface area contributed by atoms with Crippen molar-refractivity contribution in [2.45, 2.75) is 57.9 Å². The summed E-state index contributed by atoms with van der Waals surface area (Å²) in [5.74, 6) is 0.691. The second-order valence-electron chi connectivity index (χ2n) is 8.18. The van der Waals surface area contributed by atoms with Crippen LogP contribution in [0.1, 0.15) is 63.5 Å². The molecule has 4 rings (SSSR count). The van der Waals surface area contributed by atoms with Gasteiger partial charge in [-0.1, -0.05) is 55.7 Å². The highest BCUT2D eigenvalue weighted by atomic mass is 32.1. The van der Waals surface area contributed by atoms with Crippen molar-refractivity contribution >= 4 is 22.7 Å². The molecule has 0 unspecified atom stereocenters. The van der Waals surface area contributed by atoms with E-state index in [1.165, 1.54) is 55.1 Å². The molecular formula is C24H27N3O2S. The molecule has 0 atom stereocenters. The number of benzene rings is 2. The van der Waals surface area contributed by atoms with E-state index in [4.69, 9.17) is 0 Å². The van der Waals surface area contributed by atoms with Gasteiger partial charge in [0.15, 0.2) is 4.80 Å². The first-order chi connectivity index (χ1) is 14.5. The summed E-state index contributed by atoms with van der Waals surface area (Å²) in [6.45, 7) is 4.23. The standard InChI is InChI=1S/C24H27N3O2S/c1-17(2)26-23(20-14-12-19(13-15-20)18-8-4-3-5-9-18)16-30-24(26)25-21-10-6-7-11-22(21)27(28)29/h6-7,10-18H,3-5,8-9H2,1-2H3. The van der Waals surface area contributed by atoms with Crippen LogP contribution >= 0.6 is 11.3 Å². The van der Waals surface area contributed by atoms with E-state index in [2.05, 4.69) is 53.1 Å². The normalized spacial score (nSPS) is 15.6. The first kappa shape index (κ1) is 20.5. The van der Waals surface area contributed by atoms with Crippen LogP contribution in [0.5, 0.6) is 0 Å². The average Bonchev–Trinajstić information content (AvgIpc) is 3.18. The minimum atomic E-state index is -0.378. The maximum Gasteiger partial charge on any atom is 0.294 e. The molecule has 1 fully saturated rings. The molecule has 1 saturated carbocycles. The zero-order valence-electron chi connectivity index (χ0n) is 17.5. The van der Waals surface area contributed by atoms with E-state index >= 15 is 0 Å². The monoisotopic (exact) mass is 421 g/mol. The number of nitro benzene ring substituents is 1. The van der Waals surface area contributed by atoms with Gasteiger partial charge in [0.2, 0.25) is 0 Å². The van der Waals surface area contributed by atoms with Crippen LogP contribution in [0.4, 0.5) is 11.4 Å². The summed E-state index contributed by atoms with van der Waals surface area (Å²) in [6, 6.07) is 15.8. The number of nitro groups is 1. The summed E-state index contributed by atoms with van der Waals surface area (Å²) in [5, 5.41) is 13.5. The van der Waals surface area contributed by atoms with Crippen molar-refractivity contribution in [3.63, 3.8) is 0 Å². The van der Waals surface area contributed by atoms with Crippen LogP contribution in [0.3, 0.4) is 0 Å². The highest BCUT2D eigenvalue weighted by molar-refractivity contribution is 7.07. The molecule has 1 heterocycles. The van der Waals surface area contributed by atoms with E-state index in [9.17, 15) is 10.1 Å². The van der Waals surface area contributed by atoms with E-state index < -0.39 is 0 Å². The third kappa shape index (κ3) is 4.24. The van der Waals surface area contributed by atoms with Crippen LogP contribution in [0.25, 0.3) is 11.3 Å². The zero-order chi connectivity index (χ0) is 21.1. The predicted octanol–water partition coefficient (Wildman–Crippen LogP) is 6.99. The van der Waals surface area contributed by atoms with Crippen molar-refractivity contribution in [3.05, 3.63) is 74.4 Å². The quantitative estimate of drug-likeness (QED) is 0.329. The summed E-state index contributed by atoms with van der Waals surface area (Å²) in [5.41, 5.74) is 4.11. The lowest BCUT2D eigenvalue weighted by Gasteiger charge is -2.22. The van der Waals surface area contributed by atoms with E-state index in [0.717, 1.165) is 16.1 Å². The summed E-state index contributed by atoms with van der Waals surface area (Å²) >= 11 is 1.52. The van der Waals surface area contributed by atoms with Crippen molar-refractivity contribution in [1.29, 1.82) is 0 Å². The number of rotatable bonds is 5. The van der Waals surface area contributed by atoms with Crippen LogP contribution in [0.2, 0.25) is 0 Å². The smallest absolute Gasteiger partial charge is 0.294 e. The van der Waals surface area contributed by atoms with Crippen LogP contribution in [0, 0.1) is 10.1 Å². The van der Waals surface area contributed by atoms with Crippen LogP contribution in [-0.4, -0.2) is 9.49 Å². The zero-order valence-corrected chi connectivity index (χ0v) is 18.3. The molecule has 0 radical (unpaired) electrons. The number of para-hydroxylation sites is 2. The van der Waals surface area contributed by atoms with Gasteiger partial charge in [-0.15, -0.1) is 11.3 Å². The Morgan fingerprint density at radius 2 is 1.77 bits per heavy atom. The molecule has 156 valence electrons. The summed E-state index contributed by atoms with van der Waals surface area (Å²) in [7, 11) is 0. The maximum atomic E-state index is 11.4. The van der Waals surface area contributed by atoms with Gasteiger partial charge in [0, 0.05) is 17.5 Å². The minimum Gasteiger partial charge on any atom is -0.314 e. The lowest BCUT2D eigenvalue weighted by Crippen LogP contribution is -2.18. The summed E-state index contributed by atoms with van der Waals surface area (Å²) < 4.78 is 2.16. The SMILES string of the molecule is CC(C)n1c(-c2ccc(C3CCCCC3)cc2)csc1=Nc1ccccc1[N+](=O)[O-]. The molecule has 6 heteroatoms. The molecule has 3 aromatic rings. The van der Waals surface area contributed by atoms with Gasteiger partial charge in [-0.3, -0.25) is 10.1 Å². The minimum absolute atomic E-state index is 0.0274. The second-order valence-corrected chi connectivity index (χ2v) is 9.02. The lowest BCUT2D eigenvalue weighted by atomic mass is 9.84. The number of hydrogen-bond acceptors (Lipinski definition) is 4. The van der Waals surface area contributed by atoms with Gasteiger partial charge in [0.05, 0.1) is 10.6 Å². The fourth-order valence-corrected chi connectivity index (χ4v) is 5.33. The number of hydrogen-bond donors (Lipinski definition) is 0. The molecule has 30 heavy (non-hydrogen) atoms. The van der Waals surface area contributed by atoms with Crippen LogP contribution in [-0.2, 0) is 0 Å². The van der Waals surface area contributed by atoms with Crippen molar-refractivity contribution in [2.75, 3.05) is 0 Å². The Morgan fingerprint density at radius 3 is 2.43 bits per heavy atom. The van der Waals surface area contributed by atoms with Gasteiger partial charge in [-0.05, 0) is 49.8 Å². The fraction of sp³-hybridized carbons (Fsp3) is 0.375.